The minimum atomic E-state index is -0.347. The minimum Gasteiger partial charge on any atom is -0.497 e. The van der Waals surface area contributed by atoms with Crippen molar-refractivity contribution in [3.05, 3.63) is 65.7 Å². The van der Waals surface area contributed by atoms with Crippen LogP contribution in [0.3, 0.4) is 0 Å². The number of rotatable bonds is 5. The van der Waals surface area contributed by atoms with Crippen molar-refractivity contribution < 1.29 is 14.3 Å². The van der Waals surface area contributed by atoms with Gasteiger partial charge < -0.3 is 4.74 Å². The maximum atomic E-state index is 10.5. The predicted octanol–water partition coefficient (Wildman–Crippen LogP) is 4.00. The molecular formula is C17H16Cl2O3. The maximum absolute atomic E-state index is 10.5. The lowest BCUT2D eigenvalue weighted by molar-refractivity contribution is -0.111. The van der Waals surface area contributed by atoms with Gasteiger partial charge in [-0.2, -0.15) is 0 Å². The molecule has 0 saturated carbocycles. The van der Waals surface area contributed by atoms with Crippen molar-refractivity contribution in [3.8, 4) is 5.75 Å². The first kappa shape index (κ1) is 18.2. The topological polar surface area (TPSA) is 43.4 Å². The highest BCUT2D eigenvalue weighted by Crippen LogP contribution is 2.12. The summed E-state index contributed by atoms with van der Waals surface area (Å²) in [6.07, 6.45) is 0.591. The Bertz CT molecular complexity index is 595. The largest absolute Gasteiger partial charge is 0.497 e. The molecule has 0 radical (unpaired) electrons. The van der Waals surface area contributed by atoms with E-state index in [0.717, 1.165) is 16.9 Å². The van der Waals surface area contributed by atoms with E-state index in [4.69, 9.17) is 27.9 Å². The number of halogens is 2. The van der Waals surface area contributed by atoms with Crippen LogP contribution in [0.4, 0.5) is 0 Å². The number of hydrogen-bond donors (Lipinski definition) is 0. The molecule has 0 saturated heterocycles. The van der Waals surface area contributed by atoms with E-state index >= 15 is 0 Å². The highest BCUT2D eigenvalue weighted by molar-refractivity contribution is 6.64. The zero-order valence-corrected chi connectivity index (χ0v) is 13.6. The number of methoxy groups -OCH3 is 1. The first-order valence-electron chi connectivity index (χ1n) is 6.54. The molecule has 2 aromatic carbocycles. The summed E-state index contributed by atoms with van der Waals surface area (Å²) in [5.41, 5.74) is 1.86. The Morgan fingerprint density at radius 1 is 0.818 bits per heavy atom. The van der Waals surface area contributed by atoms with Crippen LogP contribution in [0.25, 0.3) is 0 Å². The Kier molecular flexibility index (Phi) is 8.26. The zero-order chi connectivity index (χ0) is 16.4. The molecule has 0 unspecified atom stereocenters. The average molecular weight is 339 g/mol. The molecule has 0 fully saturated rings. The molecule has 22 heavy (non-hydrogen) atoms. The highest BCUT2D eigenvalue weighted by atomic mass is 35.5. The zero-order valence-electron chi connectivity index (χ0n) is 12.1. The first-order chi connectivity index (χ1) is 10.5. The van der Waals surface area contributed by atoms with E-state index in [0.29, 0.717) is 6.42 Å². The fourth-order valence-corrected chi connectivity index (χ4v) is 1.97. The van der Waals surface area contributed by atoms with Crippen molar-refractivity contribution in [2.45, 2.75) is 12.8 Å². The maximum Gasteiger partial charge on any atom is 0.226 e. The summed E-state index contributed by atoms with van der Waals surface area (Å²) >= 11 is 10.4. The molecule has 2 rings (SSSR count). The molecule has 0 aliphatic heterocycles. The summed E-state index contributed by atoms with van der Waals surface area (Å²) in [5.74, 6) is 0.778. The van der Waals surface area contributed by atoms with E-state index in [-0.39, 0.29) is 16.9 Å². The molecule has 0 bridgehead atoms. The Morgan fingerprint density at radius 2 is 1.27 bits per heavy atom. The third kappa shape index (κ3) is 7.81. The van der Waals surface area contributed by atoms with E-state index in [9.17, 15) is 9.59 Å². The lowest BCUT2D eigenvalue weighted by Crippen LogP contribution is -1.92. The van der Waals surface area contributed by atoms with E-state index < -0.39 is 0 Å². The van der Waals surface area contributed by atoms with Crippen molar-refractivity contribution in [2.24, 2.45) is 0 Å². The van der Waals surface area contributed by atoms with Crippen LogP contribution in [-0.4, -0.2) is 17.6 Å². The summed E-state index contributed by atoms with van der Waals surface area (Å²) < 4.78 is 4.96. The number of carbonyl (C=O) groups is 2. The van der Waals surface area contributed by atoms with Crippen molar-refractivity contribution in [1.82, 2.24) is 0 Å². The second-order valence-corrected chi connectivity index (χ2v) is 5.24. The number of benzene rings is 2. The molecule has 0 spiro atoms. The standard InChI is InChI=1S/C9H9ClO2.C8H7ClO/c1-12-8-4-2-7(3-5-8)6-9(10)11;9-8(10)6-7-4-2-1-3-5-7/h2-5H,6H2,1H3;1-5H,6H2. The molecule has 116 valence electrons. The molecule has 0 aliphatic carbocycles. The van der Waals surface area contributed by atoms with Gasteiger partial charge in [-0.1, -0.05) is 42.5 Å². The van der Waals surface area contributed by atoms with Gasteiger partial charge in [-0.25, -0.2) is 0 Å². The summed E-state index contributed by atoms with van der Waals surface area (Å²) in [5, 5.41) is -0.661. The normalized spacial score (nSPS) is 9.41. The fraction of sp³-hybridized carbons (Fsp3) is 0.176. The Balaban J connectivity index is 0.000000224. The fourth-order valence-electron chi connectivity index (χ4n) is 1.66. The third-order valence-electron chi connectivity index (χ3n) is 2.69. The van der Waals surface area contributed by atoms with Crippen LogP contribution in [-0.2, 0) is 22.4 Å². The van der Waals surface area contributed by atoms with E-state index in [1.807, 2.05) is 42.5 Å². The van der Waals surface area contributed by atoms with Gasteiger partial charge in [0.05, 0.1) is 7.11 Å². The molecule has 0 N–H and O–H groups in total. The van der Waals surface area contributed by atoms with Crippen LogP contribution < -0.4 is 4.74 Å². The van der Waals surface area contributed by atoms with Gasteiger partial charge in [0.1, 0.15) is 5.75 Å². The van der Waals surface area contributed by atoms with Crippen LogP contribution in [0.5, 0.6) is 5.75 Å². The molecule has 0 atom stereocenters. The second kappa shape index (κ2) is 9.98. The van der Waals surface area contributed by atoms with Gasteiger partial charge in [-0.05, 0) is 46.5 Å². The predicted molar refractivity (Wildman–Crippen MR) is 88.6 cm³/mol. The van der Waals surface area contributed by atoms with Crippen LogP contribution in [0.15, 0.2) is 54.6 Å². The highest BCUT2D eigenvalue weighted by Gasteiger charge is 1.99. The van der Waals surface area contributed by atoms with Gasteiger partial charge in [0.2, 0.25) is 10.5 Å². The summed E-state index contributed by atoms with van der Waals surface area (Å²) in [4.78, 5) is 20.9. The average Bonchev–Trinajstić information content (AvgIpc) is 2.48. The summed E-state index contributed by atoms with van der Waals surface area (Å²) in [7, 11) is 1.60. The van der Waals surface area contributed by atoms with Crippen LogP contribution in [0.2, 0.25) is 0 Å². The molecule has 0 heterocycles. The van der Waals surface area contributed by atoms with Gasteiger partial charge in [0, 0.05) is 12.8 Å². The Labute approximate surface area is 139 Å². The lowest BCUT2D eigenvalue weighted by Gasteiger charge is -1.99. The van der Waals surface area contributed by atoms with Crippen LogP contribution >= 0.6 is 23.2 Å². The smallest absolute Gasteiger partial charge is 0.226 e. The van der Waals surface area contributed by atoms with Crippen LogP contribution in [0.1, 0.15) is 11.1 Å². The van der Waals surface area contributed by atoms with Gasteiger partial charge >= 0.3 is 0 Å². The van der Waals surface area contributed by atoms with Crippen molar-refractivity contribution >= 4 is 33.7 Å². The molecule has 0 aromatic heterocycles. The van der Waals surface area contributed by atoms with Crippen molar-refractivity contribution in [1.29, 1.82) is 0 Å². The van der Waals surface area contributed by atoms with Gasteiger partial charge in [-0.3, -0.25) is 9.59 Å². The molecule has 0 amide bonds. The molecular weight excluding hydrogens is 323 g/mol. The molecule has 3 nitrogen and oxygen atoms in total. The van der Waals surface area contributed by atoms with Gasteiger partial charge in [-0.15, -0.1) is 0 Å². The molecule has 5 heteroatoms. The van der Waals surface area contributed by atoms with Crippen molar-refractivity contribution in [2.75, 3.05) is 7.11 Å². The number of hydrogen-bond acceptors (Lipinski definition) is 3. The van der Waals surface area contributed by atoms with E-state index in [1.165, 1.54) is 0 Å². The number of carbonyl (C=O) groups excluding carboxylic acids is 2. The Morgan fingerprint density at radius 3 is 1.68 bits per heavy atom. The molecule has 0 aliphatic rings. The van der Waals surface area contributed by atoms with Gasteiger partial charge in [0.25, 0.3) is 0 Å². The first-order valence-corrected chi connectivity index (χ1v) is 7.30. The van der Waals surface area contributed by atoms with E-state index in [2.05, 4.69) is 0 Å². The number of ether oxygens (including phenoxy) is 1. The third-order valence-corrected chi connectivity index (χ3v) is 2.96. The van der Waals surface area contributed by atoms with Gasteiger partial charge in [0.15, 0.2) is 0 Å². The summed E-state index contributed by atoms with van der Waals surface area (Å²) in [6.45, 7) is 0. The van der Waals surface area contributed by atoms with Crippen molar-refractivity contribution in [3.63, 3.8) is 0 Å². The SMILES string of the molecule is COc1ccc(CC(=O)Cl)cc1.O=C(Cl)Cc1ccccc1. The second-order valence-electron chi connectivity index (χ2n) is 4.40. The lowest BCUT2D eigenvalue weighted by atomic mass is 10.2. The van der Waals surface area contributed by atoms with E-state index in [1.54, 1.807) is 19.2 Å². The molecule has 2 aromatic rings. The monoisotopic (exact) mass is 338 g/mol. The minimum absolute atomic E-state index is 0.269. The quantitative estimate of drug-likeness (QED) is 0.774. The summed E-state index contributed by atoms with van der Waals surface area (Å²) in [6, 6.07) is 16.7. The van der Waals surface area contributed by atoms with Crippen LogP contribution in [0, 0.1) is 0 Å². The Hall–Kier alpha value is -1.84.